The smallest absolute Gasteiger partial charge is 0.306 e. The number of nitrogens with zero attached hydrogens (tertiary/aromatic N) is 1. The van der Waals surface area contributed by atoms with E-state index in [-0.39, 0.29) is 25.8 Å². The third-order valence-electron chi connectivity index (χ3n) is 9.52. The Morgan fingerprint density at radius 2 is 1.00 bits per heavy atom. The molecule has 0 spiro atoms. The van der Waals surface area contributed by atoms with Crippen molar-refractivity contribution in [2.75, 3.05) is 54.1 Å². The molecule has 0 aromatic rings. The van der Waals surface area contributed by atoms with Crippen molar-refractivity contribution in [3.8, 4) is 0 Å². The highest BCUT2D eigenvalue weighted by molar-refractivity contribution is 7.45. The normalized spacial score (nSPS) is 14.4. The Bertz CT molecular complexity index is 1150. The van der Waals surface area contributed by atoms with E-state index in [1.54, 1.807) is 0 Å². The van der Waals surface area contributed by atoms with Gasteiger partial charge in [-0.3, -0.25) is 9.36 Å². The number of esters is 1. The molecule has 8 nitrogen and oxygen atoms in total. The van der Waals surface area contributed by atoms with Crippen molar-refractivity contribution in [2.45, 2.75) is 180 Å². The molecule has 2 atom stereocenters. The molecule has 0 fully saturated rings. The summed E-state index contributed by atoms with van der Waals surface area (Å²) >= 11 is 0. The maximum absolute atomic E-state index is 12.7. The first kappa shape index (κ1) is 55.9. The van der Waals surface area contributed by atoms with Crippen LogP contribution in [0.5, 0.6) is 0 Å². The van der Waals surface area contributed by atoms with Gasteiger partial charge < -0.3 is 27.9 Å². The second-order valence-corrected chi connectivity index (χ2v) is 17.8. The van der Waals surface area contributed by atoms with Crippen molar-refractivity contribution < 1.29 is 37.3 Å². The van der Waals surface area contributed by atoms with Gasteiger partial charge in [0.15, 0.2) is 0 Å². The molecule has 0 N–H and O–H groups in total. The van der Waals surface area contributed by atoms with E-state index in [1.807, 2.05) is 21.1 Å². The lowest BCUT2D eigenvalue weighted by Crippen LogP contribution is -2.37. The molecule has 0 saturated heterocycles. The maximum atomic E-state index is 12.7. The molecule has 9 heteroatoms. The van der Waals surface area contributed by atoms with Crippen molar-refractivity contribution in [3.05, 3.63) is 72.9 Å². The van der Waals surface area contributed by atoms with Gasteiger partial charge in [-0.15, -0.1) is 0 Å². The van der Waals surface area contributed by atoms with E-state index >= 15 is 0 Å². The van der Waals surface area contributed by atoms with Crippen LogP contribution in [0.25, 0.3) is 0 Å². The molecule has 0 aliphatic heterocycles. The molecule has 0 amide bonds. The Kier molecular flexibility index (Phi) is 40.2. The molecule has 336 valence electrons. The Balaban J connectivity index is 4.19. The number of likely N-dealkylation sites (N-methyl/N-ethyl adjacent to an activating group) is 1. The molecule has 0 bridgehead atoms. The summed E-state index contributed by atoms with van der Waals surface area (Å²) in [6, 6.07) is 0. The third-order valence-corrected chi connectivity index (χ3v) is 10.5. The Labute approximate surface area is 357 Å². The van der Waals surface area contributed by atoms with Crippen molar-refractivity contribution >= 4 is 13.8 Å². The largest absolute Gasteiger partial charge is 0.756 e. The molecule has 58 heavy (non-hydrogen) atoms. The molecule has 0 aromatic carbocycles. The van der Waals surface area contributed by atoms with Gasteiger partial charge in [0.2, 0.25) is 0 Å². The van der Waals surface area contributed by atoms with Crippen LogP contribution in [-0.4, -0.2) is 70.7 Å². The molecule has 0 heterocycles. The van der Waals surface area contributed by atoms with Crippen LogP contribution in [0.4, 0.5) is 0 Å². The van der Waals surface area contributed by atoms with Crippen LogP contribution in [0.1, 0.15) is 174 Å². The number of carbonyl (C=O) groups is 1. The summed E-state index contributed by atoms with van der Waals surface area (Å²) in [5.41, 5.74) is 0. The Morgan fingerprint density at radius 3 is 1.50 bits per heavy atom. The topological polar surface area (TPSA) is 94.1 Å². The average Bonchev–Trinajstić information content (AvgIpc) is 3.18. The third kappa shape index (κ3) is 45.0. The number of unbranched alkanes of at least 4 members (excludes halogenated alkanes) is 16. The summed E-state index contributed by atoms with van der Waals surface area (Å²) in [5.74, 6) is -0.351. The molecule has 0 radical (unpaired) electrons. The predicted octanol–water partition coefficient (Wildman–Crippen LogP) is 13.3. The van der Waals surface area contributed by atoms with Crippen molar-refractivity contribution in [1.29, 1.82) is 0 Å². The predicted molar refractivity (Wildman–Crippen MR) is 245 cm³/mol. The van der Waals surface area contributed by atoms with E-state index in [2.05, 4.69) is 86.8 Å². The minimum absolute atomic E-state index is 0.0204. The summed E-state index contributed by atoms with van der Waals surface area (Å²) in [4.78, 5) is 25.1. The van der Waals surface area contributed by atoms with Gasteiger partial charge in [-0.2, -0.15) is 0 Å². The van der Waals surface area contributed by atoms with Crippen LogP contribution < -0.4 is 4.89 Å². The number of carbonyl (C=O) groups excluding carboxylic acids is 1. The van der Waals surface area contributed by atoms with Crippen LogP contribution >= 0.6 is 7.82 Å². The highest BCUT2D eigenvalue weighted by Crippen LogP contribution is 2.38. The lowest BCUT2D eigenvalue weighted by Gasteiger charge is -2.28. The number of quaternary nitrogens is 1. The first-order valence-electron chi connectivity index (χ1n) is 23.2. The van der Waals surface area contributed by atoms with Gasteiger partial charge in [-0.1, -0.05) is 177 Å². The summed E-state index contributed by atoms with van der Waals surface area (Å²) in [6.07, 6.45) is 53.4. The minimum atomic E-state index is -4.53. The number of rotatable bonds is 42. The van der Waals surface area contributed by atoms with Crippen molar-refractivity contribution in [2.24, 2.45) is 0 Å². The second-order valence-electron chi connectivity index (χ2n) is 16.4. The molecular formula is C49H88NO7P. The van der Waals surface area contributed by atoms with Crippen LogP contribution in [0.3, 0.4) is 0 Å². The van der Waals surface area contributed by atoms with E-state index in [1.165, 1.54) is 70.6 Å². The molecule has 0 aliphatic carbocycles. The molecule has 0 aliphatic rings. The standard InChI is InChI=1S/C49H88NO7P/c1-6-8-10-12-14-16-18-19-20-21-22-23-24-25-26-27-28-29-30-31-32-34-36-38-40-42-49(51)57-48(47-56-58(52,53)55-45-43-50(3,4)5)46-54-44-41-39-37-35-33-17-15-13-11-9-7-2/h8,10,14,16,19-20,22-23,25-26,28-29,48H,6-7,9,11-13,15,17-18,21,24,27,30-47H2,1-5H3/b10-8-,16-14-,20-19-,23-22-,26-25-,29-28-. The summed E-state index contributed by atoms with van der Waals surface area (Å²) in [6.45, 7) is 5.27. The van der Waals surface area contributed by atoms with E-state index in [0.717, 1.165) is 83.5 Å². The fraction of sp³-hybridized carbons (Fsp3) is 0.735. The zero-order chi connectivity index (χ0) is 42.7. The van der Waals surface area contributed by atoms with Gasteiger partial charge in [-0.25, -0.2) is 0 Å². The van der Waals surface area contributed by atoms with Gasteiger partial charge >= 0.3 is 5.97 Å². The molecule has 0 aromatic heterocycles. The number of hydrogen-bond donors (Lipinski definition) is 0. The molecule has 0 rings (SSSR count). The zero-order valence-electron chi connectivity index (χ0n) is 38.0. The number of phosphoric ester groups is 1. The van der Waals surface area contributed by atoms with Crippen molar-refractivity contribution in [1.82, 2.24) is 0 Å². The van der Waals surface area contributed by atoms with Gasteiger partial charge in [0.25, 0.3) is 7.82 Å². The number of hydrogen-bond acceptors (Lipinski definition) is 7. The van der Waals surface area contributed by atoms with E-state index in [4.69, 9.17) is 18.5 Å². The number of ether oxygens (including phenoxy) is 2. The first-order chi connectivity index (χ1) is 28.1. The Morgan fingerprint density at radius 1 is 0.552 bits per heavy atom. The number of allylic oxidation sites excluding steroid dienone is 12. The summed E-state index contributed by atoms with van der Waals surface area (Å²) in [5, 5.41) is 0. The highest BCUT2D eigenvalue weighted by atomic mass is 31.2. The van der Waals surface area contributed by atoms with Crippen LogP contribution in [0.15, 0.2) is 72.9 Å². The molecular weight excluding hydrogens is 746 g/mol. The SMILES string of the molecule is CC/C=C\C/C=C\C/C=C\C/C=C\C/C=C\C/C=C\CCCCCCCCC(=O)OC(COCCCCCCCCCCCCC)COP(=O)([O-])OCC[N+](C)(C)C. The van der Waals surface area contributed by atoms with Gasteiger partial charge in [0.05, 0.1) is 34.4 Å². The second kappa shape index (κ2) is 41.7. The zero-order valence-corrected chi connectivity index (χ0v) is 38.9. The molecule has 0 saturated carbocycles. The van der Waals surface area contributed by atoms with Crippen LogP contribution in [0, 0.1) is 0 Å². The van der Waals surface area contributed by atoms with Crippen molar-refractivity contribution in [3.63, 3.8) is 0 Å². The summed E-state index contributed by atoms with van der Waals surface area (Å²) in [7, 11) is 1.34. The van der Waals surface area contributed by atoms with Crippen LogP contribution in [0.2, 0.25) is 0 Å². The average molecular weight is 834 g/mol. The van der Waals surface area contributed by atoms with E-state index in [0.29, 0.717) is 24.1 Å². The Hall–Kier alpha value is -2.06. The van der Waals surface area contributed by atoms with Gasteiger partial charge in [0, 0.05) is 13.0 Å². The van der Waals surface area contributed by atoms with Crippen LogP contribution in [-0.2, 0) is 27.9 Å². The number of phosphoric acid groups is 1. The fourth-order valence-electron chi connectivity index (χ4n) is 5.96. The maximum Gasteiger partial charge on any atom is 0.306 e. The molecule has 2 unspecified atom stereocenters. The minimum Gasteiger partial charge on any atom is -0.756 e. The lowest BCUT2D eigenvalue weighted by atomic mass is 10.1. The monoisotopic (exact) mass is 834 g/mol. The quantitative estimate of drug-likeness (QED) is 0.0199. The van der Waals surface area contributed by atoms with E-state index in [9.17, 15) is 14.3 Å². The lowest BCUT2D eigenvalue weighted by molar-refractivity contribution is -0.870. The highest BCUT2D eigenvalue weighted by Gasteiger charge is 2.20. The van der Waals surface area contributed by atoms with E-state index < -0.39 is 13.9 Å². The fourth-order valence-corrected chi connectivity index (χ4v) is 6.69. The first-order valence-corrected chi connectivity index (χ1v) is 24.6. The van der Waals surface area contributed by atoms with Gasteiger partial charge in [0.1, 0.15) is 19.3 Å². The van der Waals surface area contributed by atoms with Gasteiger partial charge in [-0.05, 0) is 64.2 Å². The summed E-state index contributed by atoms with van der Waals surface area (Å²) < 4.78 is 34.6.